The predicted molar refractivity (Wildman–Crippen MR) is 85.0 cm³/mol. The molecular weight excluding hydrogens is 262 g/mol. The van der Waals surface area contributed by atoms with Crippen LogP contribution in [0.1, 0.15) is 12.5 Å². The zero-order valence-corrected chi connectivity index (χ0v) is 12.0. The van der Waals surface area contributed by atoms with Gasteiger partial charge in [-0.05, 0) is 18.9 Å². The third kappa shape index (κ3) is 2.76. The van der Waals surface area contributed by atoms with E-state index in [-0.39, 0.29) is 0 Å². The van der Waals surface area contributed by atoms with Crippen molar-refractivity contribution in [3.05, 3.63) is 55.0 Å². The van der Waals surface area contributed by atoms with Gasteiger partial charge in [-0.25, -0.2) is 14.6 Å². The van der Waals surface area contributed by atoms with E-state index < -0.39 is 0 Å². The second-order valence-corrected chi connectivity index (χ2v) is 4.91. The van der Waals surface area contributed by atoms with E-state index in [9.17, 15) is 0 Å². The summed E-state index contributed by atoms with van der Waals surface area (Å²) in [5, 5.41) is 8.56. The maximum absolute atomic E-state index is 4.31. The Bertz CT molecular complexity index is 761. The van der Waals surface area contributed by atoms with Crippen LogP contribution in [0.25, 0.3) is 16.7 Å². The highest BCUT2D eigenvalue weighted by Crippen LogP contribution is 2.20. The molecule has 0 saturated heterocycles. The molecule has 0 fully saturated rings. The van der Waals surface area contributed by atoms with Gasteiger partial charge in [0.25, 0.3) is 0 Å². The Morgan fingerprint density at radius 2 is 2.05 bits per heavy atom. The van der Waals surface area contributed by atoms with E-state index in [1.165, 1.54) is 5.56 Å². The fraction of sp³-hybridized carbons (Fsp3) is 0.188. The van der Waals surface area contributed by atoms with E-state index in [0.717, 1.165) is 35.5 Å². The molecule has 106 valence electrons. The number of allylic oxidation sites excluding steroid dienone is 1. The van der Waals surface area contributed by atoms with E-state index in [1.54, 1.807) is 17.2 Å². The molecule has 0 unspecified atom stereocenters. The van der Waals surface area contributed by atoms with Crippen molar-refractivity contribution >= 4 is 22.5 Å². The first-order valence-corrected chi connectivity index (χ1v) is 6.88. The molecule has 5 nitrogen and oxygen atoms in total. The zero-order valence-electron chi connectivity index (χ0n) is 12.0. The first kappa shape index (κ1) is 13.3. The van der Waals surface area contributed by atoms with Gasteiger partial charge >= 0.3 is 0 Å². The number of aromatic nitrogens is 4. The molecule has 0 saturated carbocycles. The number of fused-ring (bicyclic) bond motifs is 1. The molecular formula is C16H17N5. The van der Waals surface area contributed by atoms with Crippen molar-refractivity contribution in [2.24, 2.45) is 0 Å². The summed E-state index contributed by atoms with van der Waals surface area (Å²) in [4.78, 5) is 8.58. The average Bonchev–Trinajstić information content (AvgIpc) is 2.93. The van der Waals surface area contributed by atoms with Crippen molar-refractivity contribution in [2.45, 2.75) is 13.3 Å². The summed E-state index contributed by atoms with van der Waals surface area (Å²) in [6, 6.07) is 10.4. The highest BCUT2D eigenvalue weighted by Gasteiger charge is 2.09. The molecule has 0 bridgehead atoms. The van der Waals surface area contributed by atoms with Crippen LogP contribution in [0.5, 0.6) is 0 Å². The van der Waals surface area contributed by atoms with E-state index in [4.69, 9.17) is 0 Å². The quantitative estimate of drug-likeness (QED) is 0.780. The molecule has 0 spiro atoms. The summed E-state index contributed by atoms with van der Waals surface area (Å²) in [6.45, 7) is 6.61. The van der Waals surface area contributed by atoms with E-state index >= 15 is 0 Å². The summed E-state index contributed by atoms with van der Waals surface area (Å²) in [5.41, 5.74) is 2.91. The van der Waals surface area contributed by atoms with Crippen LogP contribution in [-0.4, -0.2) is 26.3 Å². The third-order valence-electron chi connectivity index (χ3n) is 3.28. The Kier molecular flexibility index (Phi) is 3.64. The Balaban J connectivity index is 1.77. The van der Waals surface area contributed by atoms with Gasteiger partial charge in [0.15, 0.2) is 5.65 Å². The van der Waals surface area contributed by atoms with Gasteiger partial charge in [-0.2, -0.15) is 5.10 Å². The first-order valence-electron chi connectivity index (χ1n) is 6.88. The van der Waals surface area contributed by atoms with Gasteiger partial charge in [0, 0.05) is 12.2 Å². The second kappa shape index (κ2) is 5.75. The smallest absolute Gasteiger partial charge is 0.167 e. The minimum absolute atomic E-state index is 0.778. The van der Waals surface area contributed by atoms with Gasteiger partial charge in [0.2, 0.25) is 0 Å². The van der Waals surface area contributed by atoms with Crippen LogP contribution < -0.4 is 5.32 Å². The molecule has 21 heavy (non-hydrogen) atoms. The Labute approximate surface area is 123 Å². The van der Waals surface area contributed by atoms with E-state index in [1.807, 2.05) is 13.0 Å². The van der Waals surface area contributed by atoms with E-state index in [2.05, 4.69) is 51.2 Å². The Morgan fingerprint density at radius 1 is 1.24 bits per heavy atom. The van der Waals surface area contributed by atoms with Crippen LogP contribution in [0.2, 0.25) is 0 Å². The number of nitrogens with one attached hydrogen (secondary N) is 1. The normalized spacial score (nSPS) is 10.7. The molecule has 5 heteroatoms. The molecule has 0 radical (unpaired) electrons. The number of hydrogen-bond acceptors (Lipinski definition) is 4. The lowest BCUT2D eigenvalue weighted by Gasteiger charge is -2.07. The van der Waals surface area contributed by atoms with Crippen LogP contribution in [-0.2, 0) is 6.42 Å². The summed E-state index contributed by atoms with van der Waals surface area (Å²) < 4.78 is 1.72. The highest BCUT2D eigenvalue weighted by atomic mass is 15.3. The molecule has 3 aromatic rings. The van der Waals surface area contributed by atoms with Crippen molar-refractivity contribution in [1.29, 1.82) is 0 Å². The lowest BCUT2D eigenvalue weighted by atomic mass is 10.1. The standard InChI is InChI=1S/C16H17N5/c1-12(2)21-16-14(10-20-21)15(18-11-19-16)17-9-8-13-6-4-3-5-7-13/h3-7,10-11H,1,8-9H2,2H3,(H,17,18,19). The Hall–Kier alpha value is -2.69. The third-order valence-corrected chi connectivity index (χ3v) is 3.28. The molecule has 0 amide bonds. The molecule has 2 aromatic heterocycles. The van der Waals surface area contributed by atoms with Gasteiger partial charge in [-0.15, -0.1) is 0 Å². The minimum Gasteiger partial charge on any atom is -0.369 e. The van der Waals surface area contributed by atoms with Crippen LogP contribution in [0.4, 0.5) is 5.82 Å². The van der Waals surface area contributed by atoms with Crippen LogP contribution in [0.3, 0.4) is 0 Å². The van der Waals surface area contributed by atoms with Crippen LogP contribution >= 0.6 is 0 Å². The van der Waals surface area contributed by atoms with E-state index in [0.29, 0.717) is 0 Å². The van der Waals surface area contributed by atoms with Crippen molar-refractivity contribution in [3.8, 4) is 0 Å². The molecule has 0 aliphatic carbocycles. The van der Waals surface area contributed by atoms with Crippen molar-refractivity contribution in [1.82, 2.24) is 19.7 Å². The molecule has 1 N–H and O–H groups in total. The first-order chi connectivity index (χ1) is 10.3. The summed E-state index contributed by atoms with van der Waals surface area (Å²) in [6.07, 6.45) is 4.27. The molecule has 0 aliphatic heterocycles. The SMILES string of the molecule is C=C(C)n1ncc2c(NCCc3ccccc3)ncnc21. The van der Waals surface area contributed by atoms with Crippen molar-refractivity contribution < 1.29 is 0 Å². The molecule has 0 aliphatic rings. The minimum atomic E-state index is 0.778. The fourth-order valence-electron chi connectivity index (χ4n) is 2.23. The highest BCUT2D eigenvalue weighted by molar-refractivity contribution is 5.87. The summed E-state index contributed by atoms with van der Waals surface area (Å²) in [7, 11) is 0. The topological polar surface area (TPSA) is 55.6 Å². The van der Waals surface area contributed by atoms with Crippen LogP contribution in [0.15, 0.2) is 49.4 Å². The fourth-order valence-corrected chi connectivity index (χ4v) is 2.23. The molecule has 3 rings (SSSR count). The molecule has 2 heterocycles. The number of anilines is 1. The molecule has 0 atom stereocenters. The number of nitrogens with zero attached hydrogens (tertiary/aromatic N) is 4. The maximum atomic E-state index is 4.31. The Morgan fingerprint density at radius 3 is 2.81 bits per heavy atom. The lowest BCUT2D eigenvalue weighted by Crippen LogP contribution is -2.07. The number of rotatable bonds is 5. The van der Waals surface area contributed by atoms with Gasteiger partial charge in [0.05, 0.1) is 11.6 Å². The summed E-state index contributed by atoms with van der Waals surface area (Å²) in [5.74, 6) is 0.809. The average molecular weight is 279 g/mol. The van der Waals surface area contributed by atoms with Crippen molar-refractivity contribution in [2.75, 3.05) is 11.9 Å². The largest absolute Gasteiger partial charge is 0.369 e. The monoisotopic (exact) mass is 279 g/mol. The zero-order chi connectivity index (χ0) is 14.7. The second-order valence-electron chi connectivity index (χ2n) is 4.91. The van der Waals surface area contributed by atoms with Gasteiger partial charge in [0.1, 0.15) is 12.1 Å². The van der Waals surface area contributed by atoms with Gasteiger partial charge < -0.3 is 5.32 Å². The van der Waals surface area contributed by atoms with Crippen LogP contribution in [0, 0.1) is 0 Å². The number of benzene rings is 1. The van der Waals surface area contributed by atoms with Gasteiger partial charge in [-0.1, -0.05) is 36.9 Å². The lowest BCUT2D eigenvalue weighted by molar-refractivity contribution is 0.912. The molecule has 1 aromatic carbocycles. The summed E-state index contributed by atoms with van der Waals surface area (Å²) >= 11 is 0. The maximum Gasteiger partial charge on any atom is 0.167 e. The number of hydrogen-bond donors (Lipinski definition) is 1. The predicted octanol–water partition coefficient (Wildman–Crippen LogP) is 2.97. The van der Waals surface area contributed by atoms with Gasteiger partial charge in [-0.3, -0.25) is 0 Å². The van der Waals surface area contributed by atoms with Crippen molar-refractivity contribution in [3.63, 3.8) is 0 Å².